The zero-order valence-electron chi connectivity index (χ0n) is 24.6. The van der Waals surface area contributed by atoms with Gasteiger partial charge in [-0.1, -0.05) is 24.3 Å². The number of rotatable bonds is 5. The highest BCUT2D eigenvalue weighted by molar-refractivity contribution is 6.07. The van der Waals surface area contributed by atoms with Gasteiger partial charge >= 0.3 is 0 Å². The molecule has 2 aromatic carbocycles. The molecule has 0 spiro atoms. The molecular weight excluding hydrogens is 529 g/mol. The van der Waals surface area contributed by atoms with Crippen LogP contribution in [0.2, 0.25) is 0 Å². The Morgan fingerprint density at radius 1 is 1.00 bits per heavy atom. The van der Waals surface area contributed by atoms with Gasteiger partial charge in [0, 0.05) is 87.7 Å². The fourth-order valence-electron chi connectivity index (χ4n) is 7.61. The lowest BCUT2D eigenvalue weighted by Crippen LogP contribution is -2.49. The summed E-state index contributed by atoms with van der Waals surface area (Å²) in [6.07, 6.45) is 5.79. The first-order chi connectivity index (χ1) is 20.4. The number of piperazine rings is 1. The van der Waals surface area contributed by atoms with Crippen LogP contribution in [0.1, 0.15) is 45.4 Å². The number of carbonyl (C=O) groups is 1. The molecule has 2 saturated heterocycles. The fraction of sp³-hybridized carbons (Fsp3) is 0.424. The minimum absolute atomic E-state index is 0.0717. The second-order valence-electron chi connectivity index (χ2n) is 12.2. The molecule has 4 heterocycles. The lowest BCUT2D eigenvalue weighted by atomic mass is 9.92. The predicted molar refractivity (Wildman–Crippen MR) is 162 cm³/mol. The Morgan fingerprint density at radius 2 is 1.81 bits per heavy atom. The summed E-state index contributed by atoms with van der Waals surface area (Å²) in [5.74, 6) is 1.09. The number of anilines is 1. The van der Waals surface area contributed by atoms with E-state index >= 15 is 0 Å². The summed E-state index contributed by atoms with van der Waals surface area (Å²) in [5, 5.41) is 9.37. The van der Waals surface area contributed by atoms with Crippen LogP contribution in [-0.2, 0) is 13.5 Å². The van der Waals surface area contributed by atoms with Gasteiger partial charge in [0.2, 0.25) is 0 Å². The first-order valence-electron chi connectivity index (χ1n) is 15.0. The van der Waals surface area contributed by atoms with E-state index in [0.29, 0.717) is 19.1 Å². The molecule has 2 fully saturated rings. The predicted octanol–water partition coefficient (Wildman–Crippen LogP) is 4.09. The number of halogens is 1. The van der Waals surface area contributed by atoms with Crippen molar-refractivity contribution >= 4 is 22.6 Å². The zero-order chi connectivity index (χ0) is 29.0. The Labute approximate surface area is 246 Å². The Kier molecular flexibility index (Phi) is 6.94. The first kappa shape index (κ1) is 27.0. The van der Waals surface area contributed by atoms with Crippen LogP contribution in [0.25, 0.3) is 10.9 Å². The molecule has 9 heteroatoms. The third-order valence-electron chi connectivity index (χ3n) is 9.70. The maximum Gasteiger partial charge on any atom is 0.256 e. The van der Waals surface area contributed by atoms with Crippen molar-refractivity contribution in [1.82, 2.24) is 29.5 Å². The number of benzene rings is 2. The lowest BCUT2D eigenvalue weighted by Gasteiger charge is -2.35. The molecule has 2 aliphatic heterocycles. The standard InChI is InChI=1S/C33H38FN7O/c1-37(2)29-21-41(28-13-12-22-7-4-10-27(34)31(22)28)20-26(29)25-19-38(3)32-23(25)8-5-9-24(32)33(42)40-17-15-39(16-18-40)30-11-6-14-35-36-30/h4-11,14,19,26,28-29H,12-13,15-18,20-21H2,1-3H3/t26-,28?,29+/m1/s1. The topological polar surface area (TPSA) is 60.7 Å². The zero-order valence-corrected chi connectivity index (χ0v) is 24.6. The van der Waals surface area contributed by atoms with Crippen molar-refractivity contribution in [1.29, 1.82) is 0 Å². The Balaban J connectivity index is 1.16. The normalized spacial score (nSPS) is 22.8. The van der Waals surface area contributed by atoms with Gasteiger partial charge in [0.25, 0.3) is 5.91 Å². The highest BCUT2D eigenvalue weighted by Crippen LogP contribution is 2.44. The molecule has 1 amide bonds. The monoisotopic (exact) mass is 567 g/mol. The number of amides is 1. The largest absolute Gasteiger partial charge is 0.352 e. The molecule has 42 heavy (non-hydrogen) atoms. The van der Waals surface area contributed by atoms with E-state index in [2.05, 4.69) is 68.9 Å². The summed E-state index contributed by atoms with van der Waals surface area (Å²) in [5.41, 5.74) is 5.04. The minimum Gasteiger partial charge on any atom is -0.352 e. The molecule has 3 atom stereocenters. The molecule has 7 rings (SSSR count). The van der Waals surface area contributed by atoms with Gasteiger partial charge in [0.1, 0.15) is 5.82 Å². The van der Waals surface area contributed by atoms with Crippen LogP contribution >= 0.6 is 0 Å². The number of fused-ring (bicyclic) bond motifs is 2. The van der Waals surface area contributed by atoms with Crippen LogP contribution in [-0.4, -0.2) is 94.8 Å². The van der Waals surface area contributed by atoms with Gasteiger partial charge in [0.05, 0.1) is 11.1 Å². The number of aryl methyl sites for hydroxylation is 2. The maximum atomic E-state index is 15.0. The Hall–Kier alpha value is -3.82. The number of aromatic nitrogens is 3. The van der Waals surface area contributed by atoms with Crippen LogP contribution < -0.4 is 4.90 Å². The van der Waals surface area contributed by atoms with E-state index in [4.69, 9.17) is 0 Å². The third kappa shape index (κ3) is 4.55. The highest BCUT2D eigenvalue weighted by Gasteiger charge is 2.42. The maximum absolute atomic E-state index is 15.0. The number of likely N-dealkylation sites (tertiary alicyclic amines) is 1. The lowest BCUT2D eigenvalue weighted by molar-refractivity contribution is 0.0748. The van der Waals surface area contributed by atoms with E-state index in [1.54, 1.807) is 12.3 Å². The summed E-state index contributed by atoms with van der Waals surface area (Å²) < 4.78 is 17.1. The average Bonchev–Trinajstić information content (AvgIpc) is 3.73. The van der Waals surface area contributed by atoms with E-state index in [9.17, 15) is 9.18 Å². The molecule has 8 nitrogen and oxygen atoms in total. The van der Waals surface area contributed by atoms with E-state index < -0.39 is 0 Å². The van der Waals surface area contributed by atoms with Gasteiger partial charge in [0.15, 0.2) is 5.82 Å². The summed E-state index contributed by atoms with van der Waals surface area (Å²) in [6, 6.07) is 15.9. The molecule has 4 aromatic rings. The molecule has 0 saturated carbocycles. The third-order valence-corrected chi connectivity index (χ3v) is 9.70. The number of para-hydroxylation sites is 1. The minimum atomic E-state index is -0.0781. The van der Waals surface area contributed by atoms with E-state index in [-0.39, 0.29) is 23.7 Å². The smallest absolute Gasteiger partial charge is 0.256 e. The summed E-state index contributed by atoms with van der Waals surface area (Å²) in [4.78, 5) is 22.8. The van der Waals surface area contributed by atoms with Gasteiger partial charge in [-0.2, -0.15) is 5.10 Å². The molecular formula is C33H38FN7O. The molecule has 3 aliphatic rings. The number of likely N-dealkylation sites (N-methyl/N-ethyl adjacent to an activating group) is 1. The molecule has 0 radical (unpaired) electrons. The first-order valence-corrected chi connectivity index (χ1v) is 15.0. The number of hydrogen-bond acceptors (Lipinski definition) is 6. The van der Waals surface area contributed by atoms with Gasteiger partial charge < -0.3 is 19.3 Å². The number of hydrogen-bond donors (Lipinski definition) is 0. The van der Waals surface area contributed by atoms with Crippen LogP contribution in [0, 0.1) is 5.82 Å². The Morgan fingerprint density at radius 3 is 2.57 bits per heavy atom. The Bertz CT molecular complexity index is 1610. The van der Waals surface area contributed by atoms with Gasteiger partial charge in [-0.15, -0.1) is 5.10 Å². The van der Waals surface area contributed by atoms with Crippen LogP contribution in [0.15, 0.2) is 60.9 Å². The second kappa shape index (κ2) is 10.8. The van der Waals surface area contributed by atoms with Crippen molar-refractivity contribution in [3.05, 3.63) is 89.0 Å². The highest BCUT2D eigenvalue weighted by atomic mass is 19.1. The summed E-state index contributed by atoms with van der Waals surface area (Å²) >= 11 is 0. The molecule has 1 unspecified atom stereocenters. The number of carbonyl (C=O) groups excluding carboxylic acids is 1. The van der Waals surface area contributed by atoms with Gasteiger partial charge in [-0.05, 0) is 62.3 Å². The van der Waals surface area contributed by atoms with Crippen molar-refractivity contribution in [2.45, 2.75) is 30.8 Å². The van der Waals surface area contributed by atoms with Crippen molar-refractivity contribution in [2.24, 2.45) is 7.05 Å². The molecule has 2 aromatic heterocycles. The quantitative estimate of drug-likeness (QED) is 0.362. The van der Waals surface area contributed by atoms with Crippen molar-refractivity contribution in [3.63, 3.8) is 0 Å². The van der Waals surface area contributed by atoms with Crippen LogP contribution in [0.4, 0.5) is 10.2 Å². The number of nitrogens with zero attached hydrogens (tertiary/aromatic N) is 7. The second-order valence-corrected chi connectivity index (χ2v) is 12.2. The van der Waals surface area contributed by atoms with Crippen molar-refractivity contribution in [2.75, 3.05) is 58.3 Å². The summed E-state index contributed by atoms with van der Waals surface area (Å²) in [6.45, 7) is 4.49. The van der Waals surface area contributed by atoms with E-state index in [1.165, 1.54) is 5.56 Å². The SMILES string of the molecule is CN(C)[C@H]1CN(C2CCc3cccc(F)c32)C[C@@H]1c1cn(C)c2c(C(=O)N3CCN(c4cccnn4)CC3)cccc12. The summed E-state index contributed by atoms with van der Waals surface area (Å²) in [7, 11) is 6.34. The van der Waals surface area contributed by atoms with E-state index in [1.807, 2.05) is 35.2 Å². The van der Waals surface area contributed by atoms with Crippen molar-refractivity contribution < 1.29 is 9.18 Å². The average molecular weight is 568 g/mol. The fourth-order valence-corrected chi connectivity index (χ4v) is 7.61. The van der Waals surface area contributed by atoms with Gasteiger partial charge in [-0.3, -0.25) is 9.69 Å². The molecule has 0 bridgehead atoms. The van der Waals surface area contributed by atoms with Crippen LogP contribution in [0.3, 0.4) is 0 Å². The van der Waals surface area contributed by atoms with Crippen molar-refractivity contribution in [3.8, 4) is 0 Å². The molecule has 1 aliphatic carbocycles. The van der Waals surface area contributed by atoms with Gasteiger partial charge in [-0.25, -0.2) is 4.39 Å². The molecule has 0 N–H and O–H groups in total. The van der Waals surface area contributed by atoms with Crippen LogP contribution in [0.5, 0.6) is 0 Å². The molecule has 218 valence electrons. The van der Waals surface area contributed by atoms with E-state index in [0.717, 1.165) is 72.4 Å².